The minimum atomic E-state index is -0.674. The van der Waals surface area contributed by atoms with E-state index in [1.54, 1.807) is 38.3 Å². The summed E-state index contributed by atoms with van der Waals surface area (Å²) in [5, 5.41) is 6.68. The predicted molar refractivity (Wildman–Crippen MR) is 91.9 cm³/mol. The van der Waals surface area contributed by atoms with Gasteiger partial charge in [-0.05, 0) is 38.0 Å². The molecule has 0 aromatic heterocycles. The van der Waals surface area contributed by atoms with E-state index in [4.69, 9.17) is 9.47 Å². The molecule has 132 valence electrons. The summed E-state index contributed by atoms with van der Waals surface area (Å²) in [6.07, 6.45) is 0.313. The zero-order valence-corrected chi connectivity index (χ0v) is 14.6. The van der Waals surface area contributed by atoms with Crippen LogP contribution >= 0.6 is 0 Å². The van der Waals surface area contributed by atoms with Crippen LogP contribution in [0.25, 0.3) is 0 Å². The van der Waals surface area contributed by atoms with Crippen molar-refractivity contribution in [2.45, 2.75) is 46.3 Å². The highest BCUT2D eigenvalue weighted by Gasteiger charge is 2.08. The summed E-state index contributed by atoms with van der Waals surface area (Å²) in [7, 11) is 1.59. The topological polar surface area (TPSA) is 89.0 Å². The summed E-state index contributed by atoms with van der Waals surface area (Å²) in [4.78, 5) is 23.3. The highest BCUT2D eigenvalue weighted by Crippen LogP contribution is 2.11. The highest BCUT2D eigenvalue weighted by molar-refractivity contribution is 6.00. The number of ether oxygens (including phenoxy) is 2. The molecule has 0 saturated heterocycles. The fourth-order valence-corrected chi connectivity index (χ4v) is 1.74. The van der Waals surface area contributed by atoms with Gasteiger partial charge in [-0.25, -0.2) is 10.2 Å². The SMILES string of the molecule is CCC(C)NC(=O)CC(C)=NNC(=O)OCc1ccc(OC)cc1. The summed E-state index contributed by atoms with van der Waals surface area (Å²) in [5.74, 6) is 0.609. The van der Waals surface area contributed by atoms with Crippen LogP contribution in [0, 0.1) is 0 Å². The number of hydrazone groups is 1. The molecular weight excluding hydrogens is 310 g/mol. The van der Waals surface area contributed by atoms with E-state index in [1.807, 2.05) is 13.8 Å². The molecule has 0 fully saturated rings. The van der Waals surface area contributed by atoms with Gasteiger partial charge in [0.2, 0.25) is 5.91 Å². The molecule has 0 saturated carbocycles. The molecule has 1 atom stereocenters. The Morgan fingerprint density at radius 2 is 1.92 bits per heavy atom. The first-order valence-electron chi connectivity index (χ1n) is 7.82. The molecule has 7 heteroatoms. The van der Waals surface area contributed by atoms with Gasteiger partial charge in [-0.2, -0.15) is 5.10 Å². The van der Waals surface area contributed by atoms with Gasteiger partial charge in [-0.15, -0.1) is 0 Å². The molecular formula is C17H25N3O4. The number of hydrogen-bond acceptors (Lipinski definition) is 5. The van der Waals surface area contributed by atoms with E-state index < -0.39 is 6.09 Å². The molecule has 2 amide bonds. The molecule has 0 bridgehead atoms. The Hall–Kier alpha value is -2.57. The molecule has 0 radical (unpaired) electrons. The van der Waals surface area contributed by atoms with E-state index in [2.05, 4.69) is 15.8 Å². The number of rotatable bonds is 8. The van der Waals surface area contributed by atoms with Crippen LogP contribution < -0.4 is 15.5 Å². The highest BCUT2D eigenvalue weighted by atomic mass is 16.6. The molecule has 2 N–H and O–H groups in total. The second-order valence-electron chi connectivity index (χ2n) is 5.44. The molecule has 7 nitrogen and oxygen atoms in total. The molecule has 0 aliphatic rings. The van der Waals surface area contributed by atoms with E-state index in [0.717, 1.165) is 17.7 Å². The number of nitrogens with zero attached hydrogens (tertiary/aromatic N) is 1. The molecule has 0 spiro atoms. The van der Waals surface area contributed by atoms with Gasteiger partial charge in [-0.3, -0.25) is 4.79 Å². The molecule has 24 heavy (non-hydrogen) atoms. The molecule has 1 unspecified atom stereocenters. The van der Waals surface area contributed by atoms with Crippen molar-refractivity contribution in [3.8, 4) is 5.75 Å². The third-order valence-electron chi connectivity index (χ3n) is 3.30. The number of carbonyl (C=O) groups is 2. The van der Waals surface area contributed by atoms with Gasteiger partial charge in [0.25, 0.3) is 0 Å². The van der Waals surface area contributed by atoms with Gasteiger partial charge in [0.05, 0.1) is 13.5 Å². The maximum absolute atomic E-state index is 11.7. The number of nitrogens with one attached hydrogen (secondary N) is 2. The van der Waals surface area contributed by atoms with Crippen LogP contribution in [-0.2, 0) is 16.1 Å². The van der Waals surface area contributed by atoms with Gasteiger partial charge in [0.15, 0.2) is 0 Å². The Kier molecular flexibility index (Phi) is 8.32. The van der Waals surface area contributed by atoms with Crippen LogP contribution in [0.15, 0.2) is 29.4 Å². The van der Waals surface area contributed by atoms with Gasteiger partial charge >= 0.3 is 6.09 Å². The van der Waals surface area contributed by atoms with Crippen molar-refractivity contribution >= 4 is 17.7 Å². The maximum Gasteiger partial charge on any atom is 0.428 e. The predicted octanol–water partition coefficient (Wildman–Crippen LogP) is 2.60. The monoisotopic (exact) mass is 335 g/mol. The van der Waals surface area contributed by atoms with Gasteiger partial charge in [0.1, 0.15) is 12.4 Å². The lowest BCUT2D eigenvalue weighted by Crippen LogP contribution is -2.33. The normalized spacial score (nSPS) is 12.2. The Labute approximate surface area is 142 Å². The molecule has 0 aliphatic heterocycles. The van der Waals surface area contributed by atoms with Crippen LogP contribution in [0.1, 0.15) is 39.2 Å². The average Bonchev–Trinajstić information content (AvgIpc) is 2.58. The third kappa shape index (κ3) is 7.62. The fourth-order valence-electron chi connectivity index (χ4n) is 1.74. The summed E-state index contributed by atoms with van der Waals surface area (Å²) in [6.45, 7) is 5.71. The molecule has 1 aromatic rings. The molecule has 0 aliphatic carbocycles. The average molecular weight is 335 g/mol. The minimum absolute atomic E-state index is 0.118. The summed E-state index contributed by atoms with van der Waals surface area (Å²) in [5.41, 5.74) is 3.60. The number of amides is 2. The van der Waals surface area contributed by atoms with Gasteiger partial charge in [-0.1, -0.05) is 19.1 Å². The first kappa shape index (κ1) is 19.5. The standard InChI is InChI=1S/C17H25N3O4/c1-5-12(2)18-16(21)10-13(3)19-20-17(22)24-11-14-6-8-15(23-4)9-7-14/h6-9,12H,5,10-11H2,1-4H3,(H,18,21)(H,20,22). The third-order valence-corrected chi connectivity index (χ3v) is 3.30. The Bertz CT molecular complexity index is 570. The lowest BCUT2D eigenvalue weighted by Gasteiger charge is -2.11. The van der Waals surface area contributed by atoms with Crippen molar-refractivity contribution in [1.29, 1.82) is 0 Å². The Morgan fingerprint density at radius 1 is 1.25 bits per heavy atom. The van der Waals surface area contributed by atoms with Crippen LogP contribution in [-0.4, -0.2) is 30.9 Å². The van der Waals surface area contributed by atoms with E-state index in [0.29, 0.717) is 5.71 Å². The number of carbonyl (C=O) groups excluding carboxylic acids is 2. The summed E-state index contributed by atoms with van der Waals surface area (Å²) >= 11 is 0. The zero-order valence-electron chi connectivity index (χ0n) is 14.6. The van der Waals surface area contributed by atoms with E-state index >= 15 is 0 Å². The second-order valence-corrected chi connectivity index (χ2v) is 5.44. The first-order chi connectivity index (χ1) is 11.4. The van der Waals surface area contributed by atoms with Crippen molar-refractivity contribution in [3.05, 3.63) is 29.8 Å². The van der Waals surface area contributed by atoms with Crippen LogP contribution in [0.3, 0.4) is 0 Å². The summed E-state index contributed by atoms with van der Waals surface area (Å²) < 4.78 is 10.1. The number of hydrogen-bond donors (Lipinski definition) is 2. The van der Waals surface area contributed by atoms with Crippen LogP contribution in [0.2, 0.25) is 0 Å². The van der Waals surface area contributed by atoms with Crippen molar-refractivity contribution in [2.24, 2.45) is 5.10 Å². The molecule has 1 rings (SSSR count). The second kappa shape index (κ2) is 10.3. The van der Waals surface area contributed by atoms with Crippen molar-refractivity contribution in [3.63, 3.8) is 0 Å². The van der Waals surface area contributed by atoms with Crippen molar-refractivity contribution in [2.75, 3.05) is 7.11 Å². The summed E-state index contributed by atoms with van der Waals surface area (Å²) in [6, 6.07) is 7.30. The quantitative estimate of drug-likeness (QED) is 0.564. The maximum atomic E-state index is 11.7. The smallest absolute Gasteiger partial charge is 0.428 e. The lowest BCUT2D eigenvalue weighted by atomic mass is 10.2. The Balaban J connectivity index is 2.34. The molecule has 0 heterocycles. The largest absolute Gasteiger partial charge is 0.497 e. The fraction of sp³-hybridized carbons (Fsp3) is 0.471. The minimum Gasteiger partial charge on any atom is -0.497 e. The van der Waals surface area contributed by atoms with Crippen molar-refractivity contribution < 1.29 is 19.1 Å². The van der Waals surface area contributed by atoms with E-state index in [9.17, 15) is 9.59 Å². The van der Waals surface area contributed by atoms with Crippen LogP contribution in [0.5, 0.6) is 5.75 Å². The molecule has 1 aromatic carbocycles. The number of methoxy groups -OCH3 is 1. The number of benzene rings is 1. The van der Waals surface area contributed by atoms with Gasteiger partial charge in [0, 0.05) is 11.8 Å². The first-order valence-corrected chi connectivity index (χ1v) is 7.82. The lowest BCUT2D eigenvalue weighted by molar-refractivity contribution is -0.120. The zero-order chi connectivity index (χ0) is 17.9. The van der Waals surface area contributed by atoms with E-state index in [1.165, 1.54) is 0 Å². The van der Waals surface area contributed by atoms with Crippen molar-refractivity contribution in [1.82, 2.24) is 10.7 Å². The van der Waals surface area contributed by atoms with Crippen LogP contribution in [0.4, 0.5) is 4.79 Å². The van der Waals surface area contributed by atoms with Gasteiger partial charge < -0.3 is 14.8 Å². The van der Waals surface area contributed by atoms with E-state index in [-0.39, 0.29) is 25.0 Å². The Morgan fingerprint density at radius 3 is 2.50 bits per heavy atom.